The highest BCUT2D eigenvalue weighted by molar-refractivity contribution is 5.84. The van der Waals surface area contributed by atoms with E-state index in [1.165, 1.54) is 6.92 Å². The predicted molar refractivity (Wildman–Crippen MR) is 63.7 cm³/mol. The molecule has 0 atom stereocenters. The van der Waals surface area contributed by atoms with Crippen LogP contribution in [0.3, 0.4) is 0 Å². The number of carboxylic acids is 3. The molecule has 0 aromatic heterocycles. The number of aliphatic carboxylic acids is 3. The van der Waals surface area contributed by atoms with Crippen LogP contribution in [0.15, 0.2) is 0 Å². The van der Waals surface area contributed by atoms with Crippen LogP contribution in [0.5, 0.6) is 0 Å². The molecule has 0 aromatic carbocycles. The molecule has 108 valence electrons. The van der Waals surface area contributed by atoms with Gasteiger partial charge in [-0.25, -0.2) is 0 Å². The van der Waals surface area contributed by atoms with Gasteiger partial charge in [-0.3, -0.25) is 19.2 Å². The van der Waals surface area contributed by atoms with E-state index in [0.717, 1.165) is 0 Å². The molecular weight excluding hydrogens is 256 g/mol. The SMILES string of the molecule is CC(=O)C(CCC(=O)O)(CCC(=O)O)CCC(=O)O. The molecule has 0 fully saturated rings. The van der Waals surface area contributed by atoms with Crippen LogP contribution in [0, 0.1) is 5.41 Å². The first-order valence-corrected chi connectivity index (χ1v) is 5.86. The molecule has 3 N–H and O–H groups in total. The van der Waals surface area contributed by atoms with Gasteiger partial charge in [0.2, 0.25) is 0 Å². The van der Waals surface area contributed by atoms with Crippen molar-refractivity contribution in [2.24, 2.45) is 5.41 Å². The third-order valence-corrected chi connectivity index (χ3v) is 3.20. The summed E-state index contributed by atoms with van der Waals surface area (Å²) in [5.74, 6) is -3.67. The van der Waals surface area contributed by atoms with Gasteiger partial charge in [0.25, 0.3) is 0 Å². The maximum absolute atomic E-state index is 11.7. The van der Waals surface area contributed by atoms with Gasteiger partial charge in [0.15, 0.2) is 0 Å². The van der Waals surface area contributed by atoms with E-state index in [9.17, 15) is 19.2 Å². The largest absolute Gasteiger partial charge is 0.481 e. The second kappa shape index (κ2) is 7.50. The Bertz CT molecular complexity index is 327. The van der Waals surface area contributed by atoms with Crippen molar-refractivity contribution < 1.29 is 34.5 Å². The van der Waals surface area contributed by atoms with Crippen LogP contribution in [-0.4, -0.2) is 39.0 Å². The van der Waals surface area contributed by atoms with Crippen LogP contribution in [0.25, 0.3) is 0 Å². The third-order valence-electron chi connectivity index (χ3n) is 3.20. The number of Topliss-reactive ketones (excluding diaryl/α,β-unsaturated/α-hetero) is 1. The molecule has 0 unspecified atom stereocenters. The standard InChI is InChI=1S/C12H18O7/c1-8(13)12(5-2-9(14)15,6-3-10(16)17)7-4-11(18)19/h2-7H2,1H3,(H,14,15)(H,16,17)(H,18,19). The van der Waals surface area contributed by atoms with Crippen LogP contribution in [0.1, 0.15) is 45.4 Å². The Kier molecular flexibility index (Phi) is 6.74. The van der Waals surface area contributed by atoms with E-state index >= 15 is 0 Å². The number of hydrogen-bond acceptors (Lipinski definition) is 4. The molecule has 0 spiro atoms. The summed E-state index contributed by atoms with van der Waals surface area (Å²) in [6, 6.07) is 0. The molecule has 0 heterocycles. The summed E-state index contributed by atoms with van der Waals surface area (Å²) in [4.78, 5) is 43.5. The van der Waals surface area contributed by atoms with Crippen molar-refractivity contribution in [3.8, 4) is 0 Å². The second-order valence-electron chi connectivity index (χ2n) is 4.52. The molecule has 0 saturated heterocycles. The van der Waals surface area contributed by atoms with E-state index in [1.807, 2.05) is 0 Å². The quantitative estimate of drug-likeness (QED) is 0.545. The fourth-order valence-electron chi connectivity index (χ4n) is 1.94. The predicted octanol–water partition coefficient (Wildman–Crippen LogP) is 1.16. The van der Waals surface area contributed by atoms with E-state index in [0.29, 0.717) is 0 Å². The first-order chi connectivity index (χ1) is 8.69. The van der Waals surface area contributed by atoms with Crippen molar-refractivity contribution in [3.63, 3.8) is 0 Å². The zero-order valence-electron chi connectivity index (χ0n) is 10.7. The Morgan fingerprint density at radius 2 is 1.00 bits per heavy atom. The van der Waals surface area contributed by atoms with Crippen molar-refractivity contribution in [3.05, 3.63) is 0 Å². The van der Waals surface area contributed by atoms with Crippen molar-refractivity contribution in [1.82, 2.24) is 0 Å². The van der Waals surface area contributed by atoms with Gasteiger partial charge >= 0.3 is 17.9 Å². The zero-order chi connectivity index (χ0) is 15.1. The third kappa shape index (κ3) is 6.54. The molecule has 0 aliphatic heterocycles. The Hall–Kier alpha value is -1.92. The molecule has 0 saturated carbocycles. The number of hydrogen-bond donors (Lipinski definition) is 3. The van der Waals surface area contributed by atoms with E-state index < -0.39 is 23.3 Å². The first kappa shape index (κ1) is 17.1. The minimum absolute atomic E-state index is 0.0434. The van der Waals surface area contributed by atoms with E-state index in [1.54, 1.807) is 0 Å². The van der Waals surface area contributed by atoms with E-state index in [-0.39, 0.29) is 44.3 Å². The summed E-state index contributed by atoms with van der Waals surface area (Å²) < 4.78 is 0. The molecule has 0 amide bonds. The van der Waals surface area contributed by atoms with Gasteiger partial charge in [-0.05, 0) is 26.2 Å². The van der Waals surface area contributed by atoms with Gasteiger partial charge in [-0.15, -0.1) is 0 Å². The fraction of sp³-hybridized carbons (Fsp3) is 0.667. The summed E-state index contributed by atoms with van der Waals surface area (Å²) in [5, 5.41) is 26.0. The lowest BCUT2D eigenvalue weighted by atomic mass is 9.72. The molecule has 0 bridgehead atoms. The normalized spacial score (nSPS) is 11.0. The molecule has 0 aromatic rings. The van der Waals surface area contributed by atoms with Gasteiger partial charge < -0.3 is 15.3 Å². The van der Waals surface area contributed by atoms with E-state index in [4.69, 9.17) is 15.3 Å². The highest BCUT2D eigenvalue weighted by Crippen LogP contribution is 2.36. The molecule has 7 heteroatoms. The van der Waals surface area contributed by atoms with Crippen LogP contribution < -0.4 is 0 Å². The first-order valence-electron chi connectivity index (χ1n) is 5.86. The second-order valence-corrected chi connectivity index (χ2v) is 4.52. The number of rotatable bonds is 10. The van der Waals surface area contributed by atoms with Crippen LogP contribution in [-0.2, 0) is 19.2 Å². The maximum atomic E-state index is 11.7. The van der Waals surface area contributed by atoms with Gasteiger partial charge in [0.1, 0.15) is 5.78 Å². The Balaban J connectivity index is 4.97. The lowest BCUT2D eigenvalue weighted by molar-refractivity contribution is -0.140. The Labute approximate surface area is 110 Å². The molecule has 0 aliphatic carbocycles. The van der Waals surface area contributed by atoms with Crippen LogP contribution >= 0.6 is 0 Å². The number of carbonyl (C=O) groups is 4. The topological polar surface area (TPSA) is 129 Å². The highest BCUT2D eigenvalue weighted by Gasteiger charge is 2.36. The van der Waals surface area contributed by atoms with E-state index in [2.05, 4.69) is 0 Å². The zero-order valence-corrected chi connectivity index (χ0v) is 10.7. The van der Waals surface area contributed by atoms with Gasteiger partial charge in [0, 0.05) is 24.7 Å². The lowest BCUT2D eigenvalue weighted by Gasteiger charge is -2.30. The van der Waals surface area contributed by atoms with Crippen LogP contribution in [0.4, 0.5) is 0 Å². The average molecular weight is 274 g/mol. The summed E-state index contributed by atoms with van der Waals surface area (Å²) in [6.07, 6.45) is -1.01. The smallest absolute Gasteiger partial charge is 0.303 e. The van der Waals surface area contributed by atoms with Gasteiger partial charge in [0.05, 0.1) is 0 Å². The number of carboxylic acid groups (broad SMARTS) is 3. The summed E-state index contributed by atoms with van der Waals surface area (Å²) >= 11 is 0. The molecule has 0 radical (unpaired) electrons. The average Bonchev–Trinajstić information content (AvgIpc) is 2.27. The van der Waals surface area contributed by atoms with Crippen LogP contribution in [0.2, 0.25) is 0 Å². The highest BCUT2D eigenvalue weighted by atomic mass is 16.4. The molecule has 0 aliphatic rings. The van der Waals surface area contributed by atoms with Crippen molar-refractivity contribution >= 4 is 23.7 Å². The fourth-order valence-corrected chi connectivity index (χ4v) is 1.94. The minimum Gasteiger partial charge on any atom is -0.481 e. The number of carbonyl (C=O) groups excluding carboxylic acids is 1. The monoisotopic (exact) mass is 274 g/mol. The Morgan fingerprint density at radius 1 is 0.737 bits per heavy atom. The van der Waals surface area contributed by atoms with Crippen molar-refractivity contribution in [2.75, 3.05) is 0 Å². The molecule has 19 heavy (non-hydrogen) atoms. The number of ketones is 1. The summed E-state index contributed by atoms with van der Waals surface area (Å²) in [5.41, 5.74) is -1.19. The summed E-state index contributed by atoms with van der Waals surface area (Å²) in [7, 11) is 0. The molecule has 7 nitrogen and oxygen atoms in total. The summed E-state index contributed by atoms with van der Waals surface area (Å²) in [6.45, 7) is 1.24. The van der Waals surface area contributed by atoms with Gasteiger partial charge in [-0.1, -0.05) is 0 Å². The van der Waals surface area contributed by atoms with Crippen molar-refractivity contribution in [1.29, 1.82) is 0 Å². The molecular formula is C12H18O7. The lowest BCUT2D eigenvalue weighted by Crippen LogP contribution is -2.32. The van der Waals surface area contributed by atoms with Gasteiger partial charge in [-0.2, -0.15) is 0 Å². The maximum Gasteiger partial charge on any atom is 0.303 e. The molecule has 0 rings (SSSR count). The minimum atomic E-state index is -1.19. The van der Waals surface area contributed by atoms with Crippen molar-refractivity contribution in [2.45, 2.75) is 45.4 Å². The Morgan fingerprint density at radius 3 is 1.16 bits per heavy atom.